The number of hydrogen-bond acceptors (Lipinski definition) is 5. The maximum absolute atomic E-state index is 12.5. The van der Waals surface area contributed by atoms with Gasteiger partial charge in [0.1, 0.15) is 5.56 Å². The van der Waals surface area contributed by atoms with Gasteiger partial charge in [-0.05, 0) is 12.8 Å². The van der Waals surface area contributed by atoms with Crippen LogP contribution in [-0.4, -0.2) is 45.0 Å². The molecule has 2 rings (SSSR count). The van der Waals surface area contributed by atoms with Crippen LogP contribution in [0.4, 0.5) is 5.69 Å². The molecule has 8 heteroatoms. The van der Waals surface area contributed by atoms with Crippen LogP contribution < -0.4 is 5.56 Å². The van der Waals surface area contributed by atoms with Crippen molar-refractivity contribution in [2.75, 3.05) is 13.2 Å². The minimum atomic E-state index is -0.668. The number of nitro groups is 1. The van der Waals surface area contributed by atoms with Crippen LogP contribution in [0.3, 0.4) is 0 Å². The zero-order valence-electron chi connectivity index (χ0n) is 11.4. The van der Waals surface area contributed by atoms with Gasteiger partial charge in [-0.1, -0.05) is 12.8 Å². The molecule has 1 aromatic heterocycles. The van der Waals surface area contributed by atoms with E-state index in [0.717, 1.165) is 31.5 Å². The van der Waals surface area contributed by atoms with E-state index in [1.165, 1.54) is 4.90 Å². The van der Waals surface area contributed by atoms with E-state index < -0.39 is 16.4 Å². The van der Waals surface area contributed by atoms with Gasteiger partial charge in [0, 0.05) is 12.6 Å². The summed E-state index contributed by atoms with van der Waals surface area (Å²) in [6.45, 7) is 0.255. The highest BCUT2D eigenvalue weighted by molar-refractivity contribution is 5.94. The molecule has 8 nitrogen and oxygen atoms in total. The van der Waals surface area contributed by atoms with Crippen LogP contribution in [0.15, 0.2) is 17.1 Å². The zero-order valence-corrected chi connectivity index (χ0v) is 11.4. The molecule has 1 aliphatic heterocycles. The quantitative estimate of drug-likeness (QED) is 0.627. The highest BCUT2D eigenvalue weighted by atomic mass is 16.6. The molecule has 1 atom stereocenters. The van der Waals surface area contributed by atoms with Gasteiger partial charge < -0.3 is 15.0 Å². The number of aliphatic hydroxyl groups excluding tert-OH is 1. The standard InChI is InChI=1S/C13H17N3O5/c17-8-9-4-2-1-3-5-15(9)13(19)11-6-10(16(20)21)7-14-12(11)18/h6-7,9,17H,1-5,8H2,(H,14,18). The lowest BCUT2D eigenvalue weighted by molar-refractivity contribution is -0.385. The van der Waals surface area contributed by atoms with E-state index in [1.807, 2.05) is 0 Å². The molecular formula is C13H17N3O5. The summed E-state index contributed by atoms with van der Waals surface area (Å²) >= 11 is 0. The fourth-order valence-corrected chi connectivity index (χ4v) is 2.53. The lowest BCUT2D eigenvalue weighted by Crippen LogP contribution is -2.43. The third-order valence-electron chi connectivity index (χ3n) is 3.68. The molecule has 0 aliphatic carbocycles. The highest BCUT2D eigenvalue weighted by Gasteiger charge is 2.28. The first-order valence-electron chi connectivity index (χ1n) is 6.83. The monoisotopic (exact) mass is 295 g/mol. The number of rotatable bonds is 3. The number of carbonyl (C=O) groups excluding carboxylic acids is 1. The number of nitrogens with zero attached hydrogens (tertiary/aromatic N) is 2. The van der Waals surface area contributed by atoms with Crippen molar-refractivity contribution in [3.8, 4) is 0 Å². The fraction of sp³-hybridized carbons (Fsp3) is 0.538. The van der Waals surface area contributed by atoms with Crippen molar-refractivity contribution in [2.45, 2.75) is 31.7 Å². The number of aromatic nitrogens is 1. The molecule has 2 heterocycles. The highest BCUT2D eigenvalue weighted by Crippen LogP contribution is 2.19. The summed E-state index contributed by atoms with van der Waals surface area (Å²) in [5, 5.41) is 20.2. The molecule has 0 radical (unpaired) electrons. The van der Waals surface area contributed by atoms with Crippen LogP contribution in [0.2, 0.25) is 0 Å². The summed E-state index contributed by atoms with van der Waals surface area (Å²) in [4.78, 5) is 38.0. The minimum absolute atomic E-state index is 0.182. The molecule has 0 bridgehead atoms. The predicted molar refractivity (Wildman–Crippen MR) is 74.1 cm³/mol. The maximum Gasteiger partial charge on any atom is 0.286 e. The molecule has 1 amide bonds. The van der Waals surface area contributed by atoms with Crippen LogP contribution >= 0.6 is 0 Å². The first kappa shape index (κ1) is 15.2. The van der Waals surface area contributed by atoms with Crippen LogP contribution in [-0.2, 0) is 0 Å². The Balaban J connectivity index is 2.35. The summed E-state index contributed by atoms with van der Waals surface area (Å²) in [7, 11) is 0. The number of carbonyl (C=O) groups is 1. The topological polar surface area (TPSA) is 117 Å². The Morgan fingerprint density at radius 3 is 2.90 bits per heavy atom. The van der Waals surface area contributed by atoms with Crippen molar-refractivity contribution in [1.82, 2.24) is 9.88 Å². The molecule has 1 saturated heterocycles. The Bertz CT molecular complexity index is 598. The molecule has 1 fully saturated rings. The van der Waals surface area contributed by atoms with Gasteiger partial charge in [0.15, 0.2) is 0 Å². The van der Waals surface area contributed by atoms with Gasteiger partial charge in [-0.2, -0.15) is 0 Å². The number of nitrogens with one attached hydrogen (secondary N) is 1. The fourth-order valence-electron chi connectivity index (χ4n) is 2.53. The van der Waals surface area contributed by atoms with Crippen molar-refractivity contribution in [2.24, 2.45) is 0 Å². The summed E-state index contributed by atoms with van der Waals surface area (Å²) in [5.74, 6) is -0.569. The molecule has 0 aromatic carbocycles. The Morgan fingerprint density at radius 1 is 1.48 bits per heavy atom. The Labute approximate surface area is 120 Å². The van der Waals surface area contributed by atoms with E-state index >= 15 is 0 Å². The summed E-state index contributed by atoms with van der Waals surface area (Å²) in [5.41, 5.74) is -1.26. The number of likely N-dealkylation sites (tertiary alicyclic amines) is 1. The number of aliphatic hydroxyl groups is 1. The van der Waals surface area contributed by atoms with Crippen LogP contribution in [0.1, 0.15) is 36.0 Å². The predicted octanol–water partition coefficient (Wildman–Crippen LogP) is 0.660. The lowest BCUT2D eigenvalue weighted by atomic mass is 10.1. The largest absolute Gasteiger partial charge is 0.394 e. The average Bonchev–Trinajstić information content (AvgIpc) is 2.71. The van der Waals surface area contributed by atoms with Crippen molar-refractivity contribution in [1.29, 1.82) is 0 Å². The van der Waals surface area contributed by atoms with Gasteiger partial charge in [-0.25, -0.2) is 0 Å². The second-order valence-corrected chi connectivity index (χ2v) is 5.04. The average molecular weight is 295 g/mol. The maximum atomic E-state index is 12.5. The summed E-state index contributed by atoms with van der Waals surface area (Å²) in [6.07, 6.45) is 4.26. The Hall–Kier alpha value is -2.22. The molecule has 1 aliphatic rings. The third-order valence-corrected chi connectivity index (χ3v) is 3.68. The van der Waals surface area contributed by atoms with Gasteiger partial charge >= 0.3 is 0 Å². The molecule has 1 aromatic rings. The first-order chi connectivity index (χ1) is 10.0. The van der Waals surface area contributed by atoms with E-state index in [-0.39, 0.29) is 23.9 Å². The SMILES string of the molecule is O=C(c1cc([N+](=O)[O-])c[nH]c1=O)N1CCCCCC1CO. The molecule has 21 heavy (non-hydrogen) atoms. The second kappa shape index (κ2) is 6.49. The lowest BCUT2D eigenvalue weighted by Gasteiger charge is -2.28. The number of amides is 1. The van der Waals surface area contributed by atoms with E-state index in [0.29, 0.717) is 13.0 Å². The van der Waals surface area contributed by atoms with Crippen molar-refractivity contribution < 1.29 is 14.8 Å². The van der Waals surface area contributed by atoms with Gasteiger partial charge in [0.25, 0.3) is 17.2 Å². The third kappa shape index (κ3) is 3.27. The van der Waals surface area contributed by atoms with Crippen molar-refractivity contribution in [3.05, 3.63) is 38.3 Å². The molecule has 2 N–H and O–H groups in total. The minimum Gasteiger partial charge on any atom is -0.394 e. The number of pyridine rings is 1. The summed E-state index contributed by atoms with van der Waals surface area (Å²) < 4.78 is 0. The second-order valence-electron chi connectivity index (χ2n) is 5.04. The van der Waals surface area contributed by atoms with Crippen molar-refractivity contribution in [3.63, 3.8) is 0 Å². The Kier molecular flexibility index (Phi) is 4.69. The molecular weight excluding hydrogens is 278 g/mol. The molecule has 1 unspecified atom stereocenters. The van der Waals surface area contributed by atoms with Gasteiger partial charge in [0.05, 0.1) is 23.8 Å². The zero-order chi connectivity index (χ0) is 15.4. The van der Waals surface area contributed by atoms with E-state index in [2.05, 4.69) is 4.98 Å². The van der Waals surface area contributed by atoms with Gasteiger partial charge in [-0.3, -0.25) is 19.7 Å². The number of hydrogen-bond donors (Lipinski definition) is 2. The summed E-state index contributed by atoms with van der Waals surface area (Å²) in [6, 6.07) is 0.638. The van der Waals surface area contributed by atoms with E-state index in [9.17, 15) is 24.8 Å². The molecule has 114 valence electrons. The van der Waals surface area contributed by atoms with Crippen LogP contribution in [0, 0.1) is 10.1 Å². The molecule has 0 spiro atoms. The number of aromatic amines is 1. The number of H-pyrrole nitrogens is 1. The first-order valence-corrected chi connectivity index (χ1v) is 6.83. The normalized spacial score (nSPS) is 19.1. The van der Waals surface area contributed by atoms with E-state index in [4.69, 9.17) is 0 Å². The van der Waals surface area contributed by atoms with Crippen molar-refractivity contribution >= 4 is 11.6 Å². The van der Waals surface area contributed by atoms with E-state index in [1.54, 1.807) is 0 Å². The van der Waals surface area contributed by atoms with Gasteiger partial charge in [-0.15, -0.1) is 0 Å². The smallest absolute Gasteiger partial charge is 0.286 e. The van der Waals surface area contributed by atoms with Crippen LogP contribution in [0.5, 0.6) is 0 Å². The van der Waals surface area contributed by atoms with Crippen LogP contribution in [0.25, 0.3) is 0 Å². The van der Waals surface area contributed by atoms with Gasteiger partial charge in [0.2, 0.25) is 0 Å². The molecule has 0 saturated carbocycles. The Morgan fingerprint density at radius 2 is 2.24 bits per heavy atom.